The Labute approximate surface area is 257 Å². The molecule has 5 rings (SSSR count). The van der Waals surface area contributed by atoms with Gasteiger partial charge in [0, 0.05) is 45.7 Å². The van der Waals surface area contributed by atoms with E-state index in [1.165, 1.54) is 18.2 Å². The number of anilines is 1. The van der Waals surface area contributed by atoms with E-state index in [0.717, 1.165) is 16.0 Å². The van der Waals surface area contributed by atoms with Gasteiger partial charge in [-0.05, 0) is 61.2 Å². The standard InChI is InChI=1S/C33H29ClF3N3O4/c1-4-20-6-5-7-21(12-20)33(31(32(42)43)44-29-11-18(2)10-19(3)39-29)25-13-22(34)8-9-28(25)40(30(41)16-38-33)17-24-26(36)14-23(35)15-27(24)37/h5-15,31,38H,4,16-17H2,1-3H3,(H,42,43)/t31-,33+/m1/s1. The summed E-state index contributed by atoms with van der Waals surface area (Å²) in [4.78, 5) is 32.5. The lowest BCUT2D eigenvalue weighted by molar-refractivity contribution is -0.149. The van der Waals surface area contributed by atoms with Crippen molar-refractivity contribution in [3.05, 3.63) is 123 Å². The number of aromatic nitrogens is 1. The van der Waals surface area contributed by atoms with Gasteiger partial charge in [0.05, 0.1) is 13.1 Å². The van der Waals surface area contributed by atoms with E-state index in [4.69, 9.17) is 16.3 Å². The van der Waals surface area contributed by atoms with E-state index in [2.05, 4.69) is 10.3 Å². The van der Waals surface area contributed by atoms with Crippen LogP contribution < -0.4 is 15.0 Å². The van der Waals surface area contributed by atoms with Gasteiger partial charge in [0.2, 0.25) is 17.9 Å². The molecule has 4 aromatic rings. The second-order valence-corrected chi connectivity index (χ2v) is 11.1. The van der Waals surface area contributed by atoms with Crippen LogP contribution in [0, 0.1) is 31.3 Å². The lowest BCUT2D eigenvalue weighted by atomic mass is 9.76. The second-order valence-electron chi connectivity index (χ2n) is 10.7. The molecule has 7 nitrogen and oxygen atoms in total. The van der Waals surface area contributed by atoms with E-state index in [9.17, 15) is 27.9 Å². The van der Waals surface area contributed by atoms with Crippen LogP contribution in [0.2, 0.25) is 5.02 Å². The van der Waals surface area contributed by atoms with Crippen molar-refractivity contribution in [3.63, 3.8) is 0 Å². The first-order valence-electron chi connectivity index (χ1n) is 13.9. The number of benzene rings is 3. The molecule has 0 radical (unpaired) electrons. The minimum absolute atomic E-state index is 0.0502. The van der Waals surface area contributed by atoms with E-state index in [-0.39, 0.29) is 22.2 Å². The number of hydrogen-bond donors (Lipinski definition) is 2. The fraction of sp³-hybridized carbons (Fsp3) is 0.242. The number of nitrogens with one attached hydrogen (secondary N) is 1. The van der Waals surface area contributed by atoms with E-state index in [1.54, 1.807) is 25.1 Å². The summed E-state index contributed by atoms with van der Waals surface area (Å²) in [6.45, 7) is 4.45. The van der Waals surface area contributed by atoms with Crippen molar-refractivity contribution in [1.82, 2.24) is 10.3 Å². The van der Waals surface area contributed by atoms with E-state index < -0.39 is 59.6 Å². The number of ether oxygens (including phenoxy) is 1. The first-order valence-corrected chi connectivity index (χ1v) is 14.2. The number of carbonyl (C=O) groups excluding carboxylic acids is 1. The summed E-state index contributed by atoms with van der Waals surface area (Å²) in [5.74, 6) is -5.39. The number of fused-ring (bicyclic) bond motifs is 1. The van der Waals surface area contributed by atoms with Gasteiger partial charge in [-0.3, -0.25) is 10.1 Å². The molecule has 2 heterocycles. The first-order chi connectivity index (χ1) is 20.9. The van der Waals surface area contributed by atoms with Crippen LogP contribution in [0.5, 0.6) is 5.88 Å². The number of amides is 1. The van der Waals surface area contributed by atoms with Crippen molar-refractivity contribution in [2.45, 2.75) is 45.4 Å². The molecule has 1 aliphatic rings. The smallest absolute Gasteiger partial charge is 0.347 e. The number of carboxylic acid groups (broad SMARTS) is 1. The molecule has 2 N–H and O–H groups in total. The van der Waals surface area contributed by atoms with Gasteiger partial charge in [-0.25, -0.2) is 22.9 Å². The zero-order valence-electron chi connectivity index (χ0n) is 24.1. The number of aliphatic carboxylic acids is 1. The van der Waals surface area contributed by atoms with Crippen LogP contribution in [-0.4, -0.2) is 34.6 Å². The fourth-order valence-corrected chi connectivity index (χ4v) is 5.82. The average Bonchev–Trinajstić information content (AvgIpc) is 3.07. The quantitative estimate of drug-likeness (QED) is 0.241. The predicted molar refractivity (Wildman–Crippen MR) is 159 cm³/mol. The Kier molecular flexibility index (Phi) is 8.67. The Balaban J connectivity index is 1.79. The second kappa shape index (κ2) is 12.3. The number of aryl methyl sites for hydroxylation is 3. The van der Waals surface area contributed by atoms with Crippen LogP contribution in [0.25, 0.3) is 0 Å². The number of carbonyl (C=O) groups is 2. The van der Waals surface area contributed by atoms with Gasteiger partial charge in [-0.2, -0.15) is 0 Å². The van der Waals surface area contributed by atoms with E-state index >= 15 is 0 Å². The highest BCUT2D eigenvalue weighted by Crippen LogP contribution is 2.44. The highest BCUT2D eigenvalue weighted by Gasteiger charge is 2.52. The number of halogens is 4. The molecule has 1 amide bonds. The van der Waals surface area contributed by atoms with Gasteiger partial charge >= 0.3 is 5.97 Å². The summed E-state index contributed by atoms with van der Waals surface area (Å²) in [6.07, 6.45) is -1.09. The molecule has 11 heteroatoms. The van der Waals surface area contributed by atoms with E-state index in [1.807, 2.05) is 32.0 Å². The topological polar surface area (TPSA) is 91.8 Å². The minimum Gasteiger partial charge on any atom is -0.478 e. The average molecular weight is 624 g/mol. The molecule has 2 atom stereocenters. The number of pyridine rings is 1. The summed E-state index contributed by atoms with van der Waals surface area (Å²) in [7, 11) is 0. The molecule has 0 spiro atoms. The molecular weight excluding hydrogens is 595 g/mol. The van der Waals surface area contributed by atoms with Gasteiger partial charge in [0.1, 0.15) is 23.0 Å². The summed E-state index contributed by atoms with van der Waals surface area (Å²) in [6, 6.07) is 16.1. The Morgan fingerprint density at radius 2 is 1.82 bits per heavy atom. The molecule has 0 saturated heterocycles. The normalized spacial score (nSPS) is 17.2. The Bertz CT molecular complexity index is 1730. The highest BCUT2D eigenvalue weighted by molar-refractivity contribution is 6.30. The summed E-state index contributed by atoms with van der Waals surface area (Å²) < 4.78 is 49.5. The maximum absolute atomic E-state index is 14.8. The molecule has 228 valence electrons. The maximum Gasteiger partial charge on any atom is 0.347 e. The van der Waals surface area contributed by atoms with Crippen LogP contribution in [0.1, 0.15) is 40.4 Å². The number of rotatable bonds is 8. The lowest BCUT2D eigenvalue weighted by Gasteiger charge is -2.40. The Morgan fingerprint density at radius 1 is 1.09 bits per heavy atom. The molecule has 1 aromatic heterocycles. The van der Waals surface area contributed by atoms with Crippen LogP contribution in [0.3, 0.4) is 0 Å². The zero-order valence-corrected chi connectivity index (χ0v) is 24.9. The molecule has 0 fully saturated rings. The third-order valence-corrected chi connectivity index (χ3v) is 7.87. The molecule has 0 aliphatic carbocycles. The van der Waals surface area contributed by atoms with Crippen molar-refractivity contribution in [2.75, 3.05) is 11.4 Å². The molecule has 3 aromatic carbocycles. The van der Waals surface area contributed by atoms with Gasteiger partial charge in [-0.15, -0.1) is 0 Å². The van der Waals surface area contributed by atoms with Gasteiger partial charge in [0.15, 0.2) is 0 Å². The lowest BCUT2D eigenvalue weighted by Crippen LogP contribution is -2.58. The monoisotopic (exact) mass is 623 g/mol. The van der Waals surface area contributed by atoms with E-state index in [0.29, 0.717) is 29.8 Å². The zero-order chi connectivity index (χ0) is 31.8. The SMILES string of the molecule is CCc1cccc([C@]2([C@H](Oc3cc(C)cc(C)n3)C(=O)O)NCC(=O)N(Cc3c(F)cc(F)cc3F)c3ccc(Cl)cc32)c1. The predicted octanol–water partition coefficient (Wildman–Crippen LogP) is 6.24. The van der Waals surface area contributed by atoms with Crippen LogP contribution in [0.15, 0.2) is 66.7 Å². The van der Waals surface area contributed by atoms with Gasteiger partial charge < -0.3 is 14.7 Å². The minimum atomic E-state index is -1.76. The molecule has 0 saturated carbocycles. The third kappa shape index (κ3) is 5.87. The Hall–Kier alpha value is -4.41. The summed E-state index contributed by atoms with van der Waals surface area (Å²) in [5.41, 5.74) is 0.775. The van der Waals surface area contributed by atoms with Crippen molar-refractivity contribution in [1.29, 1.82) is 0 Å². The third-order valence-electron chi connectivity index (χ3n) is 7.64. The van der Waals surface area contributed by atoms with Crippen molar-refractivity contribution < 1.29 is 32.6 Å². The van der Waals surface area contributed by atoms with Crippen LogP contribution in [0.4, 0.5) is 18.9 Å². The first kappa shape index (κ1) is 31.0. The number of nitrogens with zero attached hydrogens (tertiary/aromatic N) is 2. The summed E-state index contributed by atoms with van der Waals surface area (Å²) in [5, 5.41) is 14.1. The van der Waals surface area contributed by atoms with Crippen LogP contribution in [-0.2, 0) is 28.1 Å². The maximum atomic E-state index is 14.8. The van der Waals surface area contributed by atoms with Gasteiger partial charge in [0.25, 0.3) is 0 Å². The van der Waals surface area contributed by atoms with Crippen molar-refractivity contribution in [2.24, 2.45) is 0 Å². The number of hydrogen-bond acceptors (Lipinski definition) is 5. The fourth-order valence-electron chi connectivity index (χ4n) is 5.64. The Morgan fingerprint density at radius 3 is 2.48 bits per heavy atom. The molecule has 0 unspecified atom stereocenters. The molecular formula is C33H29ClF3N3O4. The van der Waals surface area contributed by atoms with Crippen molar-refractivity contribution >= 4 is 29.2 Å². The van der Waals surface area contributed by atoms with Crippen molar-refractivity contribution in [3.8, 4) is 5.88 Å². The summed E-state index contributed by atoms with van der Waals surface area (Å²) >= 11 is 6.51. The highest BCUT2D eigenvalue weighted by atomic mass is 35.5. The van der Waals surface area contributed by atoms with Gasteiger partial charge in [-0.1, -0.05) is 42.8 Å². The molecule has 0 bridgehead atoms. The van der Waals surface area contributed by atoms with Crippen LogP contribution >= 0.6 is 11.6 Å². The molecule has 1 aliphatic heterocycles. The molecule has 44 heavy (non-hydrogen) atoms. The largest absolute Gasteiger partial charge is 0.478 e. The number of carboxylic acids is 1.